The fourth-order valence-corrected chi connectivity index (χ4v) is 4.15. The van der Waals surface area contributed by atoms with Crippen LogP contribution in [-0.4, -0.2) is 27.8 Å². The Morgan fingerprint density at radius 3 is 2.74 bits per heavy atom. The topological polar surface area (TPSA) is 77.1 Å². The van der Waals surface area contributed by atoms with Crippen LogP contribution in [0.1, 0.15) is 11.3 Å². The zero-order valence-electron chi connectivity index (χ0n) is 16.6. The summed E-state index contributed by atoms with van der Waals surface area (Å²) >= 11 is 7.29. The van der Waals surface area contributed by atoms with E-state index < -0.39 is 0 Å². The quantitative estimate of drug-likeness (QED) is 0.320. The van der Waals surface area contributed by atoms with Crippen molar-refractivity contribution in [3.8, 4) is 0 Å². The van der Waals surface area contributed by atoms with Crippen molar-refractivity contribution in [2.24, 2.45) is 0 Å². The maximum atomic E-state index is 13.1. The van der Waals surface area contributed by atoms with Crippen LogP contribution in [0.2, 0.25) is 5.02 Å². The molecule has 0 aliphatic carbocycles. The predicted molar refractivity (Wildman–Crippen MR) is 123 cm³/mol. The highest BCUT2D eigenvalue weighted by molar-refractivity contribution is 7.99. The van der Waals surface area contributed by atoms with Crippen molar-refractivity contribution in [1.82, 2.24) is 14.9 Å². The number of rotatable bonds is 8. The van der Waals surface area contributed by atoms with Gasteiger partial charge in [0.25, 0.3) is 5.56 Å². The largest absolute Gasteiger partial charge is 0.467 e. The van der Waals surface area contributed by atoms with Crippen LogP contribution in [0.15, 0.2) is 81.3 Å². The van der Waals surface area contributed by atoms with E-state index >= 15 is 0 Å². The minimum absolute atomic E-state index is 0.120. The Morgan fingerprint density at radius 1 is 1.13 bits per heavy atom. The third-order valence-corrected chi connectivity index (χ3v) is 5.90. The third-order valence-electron chi connectivity index (χ3n) is 4.69. The van der Waals surface area contributed by atoms with Gasteiger partial charge in [0, 0.05) is 11.6 Å². The number of fused-ring (bicyclic) bond motifs is 1. The summed E-state index contributed by atoms with van der Waals surface area (Å²) in [5.74, 6) is 0.656. The Hall–Kier alpha value is -3.03. The first-order valence-electron chi connectivity index (χ1n) is 9.76. The Kier molecular flexibility index (Phi) is 6.74. The number of nitrogens with zero attached hydrogens (tertiary/aromatic N) is 2. The van der Waals surface area contributed by atoms with Gasteiger partial charge >= 0.3 is 0 Å². The highest BCUT2D eigenvalue weighted by Gasteiger charge is 2.15. The fraction of sp³-hybridized carbons (Fsp3) is 0.174. The fourth-order valence-electron chi connectivity index (χ4n) is 3.15. The molecule has 0 radical (unpaired) electrons. The van der Waals surface area contributed by atoms with Gasteiger partial charge in [-0.2, -0.15) is 0 Å². The number of aromatic nitrogens is 2. The van der Waals surface area contributed by atoms with Gasteiger partial charge in [0.05, 0.1) is 29.5 Å². The number of benzene rings is 2. The van der Waals surface area contributed by atoms with E-state index in [-0.39, 0.29) is 23.8 Å². The molecular formula is C23H20ClN3O3S. The van der Waals surface area contributed by atoms with Crippen molar-refractivity contribution in [1.29, 1.82) is 0 Å². The van der Waals surface area contributed by atoms with Gasteiger partial charge in [0.15, 0.2) is 5.16 Å². The molecule has 0 aliphatic rings. The molecule has 4 aromatic rings. The molecule has 0 atom stereocenters. The van der Waals surface area contributed by atoms with Crippen molar-refractivity contribution in [3.05, 3.63) is 93.6 Å². The van der Waals surface area contributed by atoms with Crippen LogP contribution >= 0.6 is 23.4 Å². The molecule has 0 saturated heterocycles. The molecule has 0 fully saturated rings. The number of nitrogens with one attached hydrogen (secondary N) is 1. The van der Waals surface area contributed by atoms with Gasteiger partial charge < -0.3 is 9.73 Å². The van der Waals surface area contributed by atoms with Crippen LogP contribution in [0, 0.1) is 0 Å². The number of hydrogen-bond acceptors (Lipinski definition) is 5. The molecule has 6 nitrogen and oxygen atoms in total. The van der Waals surface area contributed by atoms with E-state index in [0.29, 0.717) is 33.4 Å². The zero-order valence-corrected chi connectivity index (χ0v) is 18.2. The molecule has 0 unspecified atom stereocenters. The number of amides is 1. The molecule has 31 heavy (non-hydrogen) atoms. The molecule has 1 amide bonds. The van der Waals surface area contributed by atoms with Crippen LogP contribution in [0.3, 0.4) is 0 Å². The Morgan fingerprint density at radius 2 is 1.97 bits per heavy atom. The Bertz CT molecular complexity index is 1240. The first-order valence-corrected chi connectivity index (χ1v) is 11.1. The number of thioether (sulfide) groups is 1. The van der Waals surface area contributed by atoms with E-state index in [2.05, 4.69) is 10.3 Å². The average Bonchev–Trinajstić information content (AvgIpc) is 3.28. The van der Waals surface area contributed by atoms with E-state index in [1.165, 1.54) is 16.3 Å². The van der Waals surface area contributed by atoms with E-state index in [1.54, 1.807) is 36.6 Å². The molecule has 8 heteroatoms. The number of furan rings is 1. The Labute approximate surface area is 188 Å². The lowest BCUT2D eigenvalue weighted by molar-refractivity contribution is -0.118. The van der Waals surface area contributed by atoms with Gasteiger partial charge in [0.1, 0.15) is 5.76 Å². The van der Waals surface area contributed by atoms with E-state index in [0.717, 1.165) is 12.0 Å². The lowest BCUT2D eigenvalue weighted by Gasteiger charge is -2.12. The highest BCUT2D eigenvalue weighted by Crippen LogP contribution is 2.21. The SMILES string of the molecule is O=C(CSc1nc2cc(Cl)ccc2c(=O)n1Cc1ccco1)NCCc1ccccc1. The van der Waals surface area contributed by atoms with E-state index in [1.807, 2.05) is 30.3 Å². The first-order chi connectivity index (χ1) is 15.1. The van der Waals surface area contributed by atoms with Crippen LogP contribution in [0.25, 0.3) is 10.9 Å². The van der Waals surface area contributed by atoms with Gasteiger partial charge in [-0.1, -0.05) is 53.7 Å². The normalized spacial score (nSPS) is 11.0. The van der Waals surface area contributed by atoms with Crippen molar-refractivity contribution in [3.63, 3.8) is 0 Å². The summed E-state index contributed by atoms with van der Waals surface area (Å²) in [7, 11) is 0. The molecule has 0 aliphatic heterocycles. The lowest BCUT2D eigenvalue weighted by Crippen LogP contribution is -2.28. The second-order valence-corrected chi connectivity index (χ2v) is 8.28. The molecule has 2 aromatic heterocycles. The summed E-state index contributed by atoms with van der Waals surface area (Å²) < 4.78 is 6.93. The summed E-state index contributed by atoms with van der Waals surface area (Å²) in [4.78, 5) is 30.0. The van der Waals surface area contributed by atoms with Gasteiger partial charge in [-0.3, -0.25) is 14.2 Å². The average molecular weight is 454 g/mol. The van der Waals surface area contributed by atoms with Crippen molar-refractivity contribution in [2.45, 2.75) is 18.1 Å². The summed E-state index contributed by atoms with van der Waals surface area (Å²) in [6, 6.07) is 18.5. The predicted octanol–water partition coefficient (Wildman–Crippen LogP) is 4.14. The smallest absolute Gasteiger partial charge is 0.262 e. The minimum atomic E-state index is -0.204. The molecule has 4 rings (SSSR count). The third kappa shape index (κ3) is 5.37. The van der Waals surface area contributed by atoms with Crippen LogP contribution in [0.4, 0.5) is 0 Å². The van der Waals surface area contributed by atoms with Gasteiger partial charge in [-0.25, -0.2) is 4.98 Å². The summed E-state index contributed by atoms with van der Waals surface area (Å²) in [5.41, 5.74) is 1.46. The summed E-state index contributed by atoms with van der Waals surface area (Å²) in [6.45, 7) is 0.777. The maximum Gasteiger partial charge on any atom is 0.262 e. The van der Waals surface area contributed by atoms with Crippen LogP contribution in [-0.2, 0) is 17.8 Å². The molecule has 2 aromatic carbocycles. The number of carbonyl (C=O) groups excluding carboxylic acids is 1. The van der Waals surface area contributed by atoms with Crippen molar-refractivity contribution >= 4 is 40.2 Å². The van der Waals surface area contributed by atoms with Crippen LogP contribution in [0.5, 0.6) is 0 Å². The molecule has 2 heterocycles. The summed E-state index contributed by atoms with van der Waals surface area (Å²) in [5, 5.41) is 4.32. The molecule has 0 spiro atoms. The molecule has 0 saturated carbocycles. The monoisotopic (exact) mass is 453 g/mol. The highest BCUT2D eigenvalue weighted by atomic mass is 35.5. The number of halogens is 1. The number of carbonyl (C=O) groups is 1. The number of hydrogen-bond donors (Lipinski definition) is 1. The zero-order chi connectivity index (χ0) is 21.6. The van der Waals surface area contributed by atoms with E-state index in [9.17, 15) is 9.59 Å². The van der Waals surface area contributed by atoms with E-state index in [4.69, 9.17) is 16.0 Å². The van der Waals surface area contributed by atoms with Gasteiger partial charge in [-0.15, -0.1) is 0 Å². The van der Waals surface area contributed by atoms with Gasteiger partial charge in [-0.05, 0) is 42.3 Å². The standard InChI is InChI=1S/C23H20ClN3O3S/c24-17-8-9-19-20(13-17)26-23(27(22(19)29)14-18-7-4-12-30-18)31-15-21(28)25-11-10-16-5-2-1-3-6-16/h1-9,12-13H,10-11,14-15H2,(H,25,28). The Balaban J connectivity index is 1.49. The molecule has 0 bridgehead atoms. The second kappa shape index (κ2) is 9.85. The van der Waals surface area contributed by atoms with Crippen molar-refractivity contribution in [2.75, 3.05) is 12.3 Å². The molecule has 1 N–H and O–H groups in total. The molecule has 158 valence electrons. The summed E-state index contributed by atoms with van der Waals surface area (Å²) in [6.07, 6.45) is 2.31. The van der Waals surface area contributed by atoms with Gasteiger partial charge in [0.2, 0.25) is 5.91 Å². The molecular weight excluding hydrogens is 434 g/mol. The minimum Gasteiger partial charge on any atom is -0.467 e. The van der Waals surface area contributed by atoms with Crippen LogP contribution < -0.4 is 10.9 Å². The first kappa shape index (κ1) is 21.2. The maximum absolute atomic E-state index is 13.1. The lowest BCUT2D eigenvalue weighted by atomic mass is 10.1. The van der Waals surface area contributed by atoms with Crippen molar-refractivity contribution < 1.29 is 9.21 Å². The second-order valence-electron chi connectivity index (χ2n) is 6.90.